The number of nitrogens with zero attached hydrogens (tertiary/aromatic N) is 1. The van der Waals surface area contributed by atoms with Crippen molar-refractivity contribution >= 4 is 11.3 Å². The molecule has 0 bridgehead atoms. The molecule has 0 saturated heterocycles. The molecule has 0 fully saturated rings. The van der Waals surface area contributed by atoms with Gasteiger partial charge in [-0.1, -0.05) is 6.07 Å². The molecule has 1 aromatic heterocycles. The van der Waals surface area contributed by atoms with Gasteiger partial charge in [0.1, 0.15) is 5.01 Å². The number of hydrogen-bond donors (Lipinski definition) is 1. The van der Waals surface area contributed by atoms with E-state index >= 15 is 0 Å². The van der Waals surface area contributed by atoms with Gasteiger partial charge >= 0.3 is 0 Å². The lowest BCUT2D eigenvalue weighted by atomic mass is 10.1. The Morgan fingerprint density at radius 2 is 2.28 bits per heavy atom. The van der Waals surface area contributed by atoms with Crippen LogP contribution in [0.25, 0.3) is 0 Å². The maximum Gasteiger partial charge on any atom is 0.231 e. The summed E-state index contributed by atoms with van der Waals surface area (Å²) in [7, 11) is 0. The highest BCUT2D eigenvalue weighted by atomic mass is 32.1. The molecular formula is C13H14N2O2S. The van der Waals surface area contributed by atoms with Crippen molar-refractivity contribution in [3.8, 4) is 11.5 Å². The SMILES string of the molecule is CC(NCc1nccs1)c1ccc2c(c1)OCO2. The second-order valence-electron chi connectivity index (χ2n) is 4.14. The van der Waals surface area contributed by atoms with E-state index in [1.807, 2.05) is 23.7 Å². The molecule has 1 aromatic carbocycles. The first-order valence-electron chi connectivity index (χ1n) is 5.84. The van der Waals surface area contributed by atoms with E-state index in [-0.39, 0.29) is 6.04 Å². The van der Waals surface area contributed by atoms with Crippen LogP contribution in [0.3, 0.4) is 0 Å². The minimum Gasteiger partial charge on any atom is -0.454 e. The zero-order chi connectivity index (χ0) is 12.4. The molecule has 3 rings (SSSR count). The Balaban J connectivity index is 1.67. The lowest BCUT2D eigenvalue weighted by molar-refractivity contribution is 0.174. The number of rotatable bonds is 4. The van der Waals surface area contributed by atoms with Gasteiger partial charge in [-0.2, -0.15) is 0 Å². The molecule has 0 spiro atoms. The van der Waals surface area contributed by atoms with Crippen molar-refractivity contribution in [1.29, 1.82) is 0 Å². The van der Waals surface area contributed by atoms with Gasteiger partial charge in [-0.25, -0.2) is 4.98 Å². The quantitative estimate of drug-likeness (QED) is 0.920. The predicted octanol–water partition coefficient (Wildman–Crippen LogP) is 2.72. The first kappa shape index (κ1) is 11.5. The first-order valence-corrected chi connectivity index (χ1v) is 6.72. The number of fused-ring (bicyclic) bond motifs is 1. The third kappa shape index (κ3) is 2.32. The van der Waals surface area contributed by atoms with E-state index in [0.717, 1.165) is 23.1 Å². The Kier molecular flexibility index (Phi) is 3.17. The molecule has 18 heavy (non-hydrogen) atoms. The lowest BCUT2D eigenvalue weighted by Crippen LogP contribution is -2.17. The molecule has 1 aliphatic rings. The molecule has 0 saturated carbocycles. The fourth-order valence-electron chi connectivity index (χ4n) is 1.88. The number of benzene rings is 1. The smallest absolute Gasteiger partial charge is 0.231 e. The third-order valence-corrected chi connectivity index (χ3v) is 3.72. The Morgan fingerprint density at radius 1 is 1.39 bits per heavy atom. The van der Waals surface area contributed by atoms with Gasteiger partial charge in [-0.3, -0.25) is 0 Å². The van der Waals surface area contributed by atoms with Crippen molar-refractivity contribution < 1.29 is 9.47 Å². The van der Waals surface area contributed by atoms with Crippen LogP contribution in [0.1, 0.15) is 23.5 Å². The van der Waals surface area contributed by atoms with Crippen LogP contribution in [0.2, 0.25) is 0 Å². The van der Waals surface area contributed by atoms with Crippen molar-refractivity contribution in [2.75, 3.05) is 6.79 Å². The molecule has 2 aromatic rings. The van der Waals surface area contributed by atoms with E-state index in [4.69, 9.17) is 9.47 Å². The van der Waals surface area contributed by atoms with E-state index in [0.29, 0.717) is 6.79 Å². The molecule has 0 aliphatic carbocycles. The van der Waals surface area contributed by atoms with Crippen molar-refractivity contribution in [2.24, 2.45) is 0 Å². The maximum absolute atomic E-state index is 5.38. The highest BCUT2D eigenvalue weighted by Gasteiger charge is 2.15. The van der Waals surface area contributed by atoms with Crippen molar-refractivity contribution in [1.82, 2.24) is 10.3 Å². The van der Waals surface area contributed by atoms with Gasteiger partial charge in [0.25, 0.3) is 0 Å². The molecular weight excluding hydrogens is 248 g/mol. The summed E-state index contributed by atoms with van der Waals surface area (Å²) in [6, 6.07) is 6.30. The summed E-state index contributed by atoms with van der Waals surface area (Å²) in [6.45, 7) is 3.23. The second-order valence-corrected chi connectivity index (χ2v) is 5.12. The van der Waals surface area contributed by atoms with E-state index in [9.17, 15) is 0 Å². The fourth-order valence-corrected chi connectivity index (χ4v) is 2.45. The molecule has 1 atom stereocenters. The minimum absolute atomic E-state index is 0.253. The topological polar surface area (TPSA) is 43.4 Å². The molecule has 0 radical (unpaired) electrons. The zero-order valence-corrected chi connectivity index (χ0v) is 10.9. The number of aromatic nitrogens is 1. The van der Waals surface area contributed by atoms with Gasteiger partial charge in [-0.15, -0.1) is 11.3 Å². The number of ether oxygens (including phenoxy) is 2. The molecule has 94 valence electrons. The molecule has 0 amide bonds. The molecule has 2 heterocycles. The summed E-state index contributed by atoms with van der Waals surface area (Å²) < 4.78 is 10.7. The Bertz CT molecular complexity index is 528. The van der Waals surface area contributed by atoms with Crippen LogP contribution in [0.4, 0.5) is 0 Å². The number of nitrogens with one attached hydrogen (secondary N) is 1. The lowest BCUT2D eigenvalue weighted by Gasteiger charge is -2.13. The van der Waals surface area contributed by atoms with Crippen LogP contribution in [-0.2, 0) is 6.54 Å². The van der Waals surface area contributed by atoms with Crippen LogP contribution in [-0.4, -0.2) is 11.8 Å². The molecule has 1 N–H and O–H groups in total. The van der Waals surface area contributed by atoms with Gasteiger partial charge in [0.2, 0.25) is 6.79 Å². The van der Waals surface area contributed by atoms with Crippen molar-refractivity contribution in [3.05, 3.63) is 40.3 Å². The molecule has 1 aliphatic heterocycles. The zero-order valence-electron chi connectivity index (χ0n) is 10.1. The summed E-state index contributed by atoms with van der Waals surface area (Å²) in [4.78, 5) is 4.25. The van der Waals surface area contributed by atoms with E-state index < -0.39 is 0 Å². The summed E-state index contributed by atoms with van der Waals surface area (Å²) in [5.41, 5.74) is 1.19. The molecule has 5 heteroatoms. The van der Waals surface area contributed by atoms with E-state index in [2.05, 4.69) is 23.3 Å². The van der Waals surface area contributed by atoms with Crippen LogP contribution >= 0.6 is 11.3 Å². The van der Waals surface area contributed by atoms with Gasteiger partial charge in [0.05, 0.1) is 0 Å². The summed E-state index contributed by atoms with van der Waals surface area (Å²) >= 11 is 1.66. The van der Waals surface area contributed by atoms with Gasteiger partial charge in [0.15, 0.2) is 11.5 Å². The molecule has 4 nitrogen and oxygen atoms in total. The van der Waals surface area contributed by atoms with Crippen LogP contribution < -0.4 is 14.8 Å². The standard InChI is InChI=1S/C13H14N2O2S/c1-9(15-7-13-14-4-5-18-13)10-2-3-11-12(6-10)17-8-16-11/h2-6,9,15H,7-8H2,1H3. The first-order chi connectivity index (χ1) is 8.83. The normalized spacial score (nSPS) is 14.7. The average Bonchev–Trinajstić information content (AvgIpc) is 3.05. The van der Waals surface area contributed by atoms with E-state index in [1.165, 1.54) is 5.56 Å². The van der Waals surface area contributed by atoms with Gasteiger partial charge in [0, 0.05) is 24.2 Å². The predicted molar refractivity (Wildman–Crippen MR) is 69.9 cm³/mol. The number of hydrogen-bond acceptors (Lipinski definition) is 5. The minimum atomic E-state index is 0.253. The summed E-state index contributed by atoms with van der Waals surface area (Å²) in [6.07, 6.45) is 1.83. The van der Waals surface area contributed by atoms with Gasteiger partial charge in [-0.05, 0) is 24.6 Å². The van der Waals surface area contributed by atoms with Crippen LogP contribution in [0.5, 0.6) is 11.5 Å². The summed E-state index contributed by atoms with van der Waals surface area (Å²) in [5.74, 6) is 1.65. The second kappa shape index (κ2) is 4.96. The number of thiazole rings is 1. The Hall–Kier alpha value is -1.59. The monoisotopic (exact) mass is 262 g/mol. The van der Waals surface area contributed by atoms with Crippen molar-refractivity contribution in [2.45, 2.75) is 19.5 Å². The highest BCUT2D eigenvalue weighted by Crippen LogP contribution is 2.34. The maximum atomic E-state index is 5.38. The Labute approximate surface area is 110 Å². The van der Waals surface area contributed by atoms with Crippen LogP contribution in [0, 0.1) is 0 Å². The largest absolute Gasteiger partial charge is 0.454 e. The Morgan fingerprint density at radius 3 is 3.11 bits per heavy atom. The summed E-state index contributed by atoms with van der Waals surface area (Å²) in [5, 5.41) is 6.53. The van der Waals surface area contributed by atoms with Gasteiger partial charge < -0.3 is 14.8 Å². The average molecular weight is 262 g/mol. The fraction of sp³-hybridized carbons (Fsp3) is 0.308. The highest BCUT2D eigenvalue weighted by molar-refractivity contribution is 7.09. The van der Waals surface area contributed by atoms with Crippen LogP contribution in [0.15, 0.2) is 29.8 Å². The molecule has 1 unspecified atom stereocenters. The van der Waals surface area contributed by atoms with Crippen molar-refractivity contribution in [3.63, 3.8) is 0 Å². The van der Waals surface area contributed by atoms with E-state index in [1.54, 1.807) is 11.3 Å². The third-order valence-electron chi connectivity index (χ3n) is 2.94.